The van der Waals surface area contributed by atoms with Crippen molar-refractivity contribution in [2.45, 2.75) is 0 Å². The second kappa shape index (κ2) is 8.52. The third kappa shape index (κ3) is 5.56. The second-order valence-electron chi connectivity index (χ2n) is 3.61. The summed E-state index contributed by atoms with van der Waals surface area (Å²) in [4.78, 5) is 22.6. The summed E-state index contributed by atoms with van der Waals surface area (Å²) in [6.07, 6.45) is 1.32. The average Bonchev–Trinajstić information content (AvgIpc) is 2.41. The molecule has 1 aromatic carbocycles. The minimum atomic E-state index is -0.873. The van der Waals surface area contributed by atoms with E-state index in [0.29, 0.717) is 22.2 Å². The van der Waals surface area contributed by atoms with E-state index >= 15 is 0 Å². The lowest BCUT2D eigenvalue weighted by Crippen LogP contribution is -2.39. The molecular formula is C12H13Cl2N3O3. The highest BCUT2D eigenvalue weighted by molar-refractivity contribution is 6.36. The zero-order chi connectivity index (χ0) is 15.0. The molecule has 2 amide bonds. The number of carbonyl (C=O) groups is 2. The fraction of sp³-hybridized carbons (Fsp3) is 0.250. The molecule has 8 heteroatoms. The first-order chi connectivity index (χ1) is 9.54. The minimum absolute atomic E-state index is 0.246. The van der Waals surface area contributed by atoms with E-state index in [1.807, 2.05) is 0 Å². The first kappa shape index (κ1) is 16.4. The molecule has 6 nitrogen and oxygen atoms in total. The van der Waals surface area contributed by atoms with Crippen LogP contribution in [0.15, 0.2) is 23.3 Å². The normalized spacial score (nSPS) is 10.6. The van der Waals surface area contributed by atoms with E-state index in [-0.39, 0.29) is 6.54 Å². The lowest BCUT2D eigenvalue weighted by Gasteiger charge is -2.02. The Kier molecular flexibility index (Phi) is 7.00. The lowest BCUT2D eigenvalue weighted by atomic mass is 10.2. The summed E-state index contributed by atoms with van der Waals surface area (Å²) in [5.74, 6) is -1.66. The van der Waals surface area contributed by atoms with Gasteiger partial charge in [0.2, 0.25) is 0 Å². The first-order valence-electron chi connectivity index (χ1n) is 5.60. The van der Waals surface area contributed by atoms with Crippen molar-refractivity contribution in [3.63, 3.8) is 0 Å². The highest BCUT2D eigenvalue weighted by Gasteiger charge is 2.11. The van der Waals surface area contributed by atoms with Gasteiger partial charge in [0.15, 0.2) is 0 Å². The van der Waals surface area contributed by atoms with Gasteiger partial charge < -0.3 is 10.1 Å². The summed E-state index contributed by atoms with van der Waals surface area (Å²) in [5.41, 5.74) is 2.65. The molecule has 108 valence electrons. The SMILES string of the molecule is COCCNC(=O)C(=O)N/N=C/c1ccc(Cl)cc1Cl. The van der Waals surface area contributed by atoms with E-state index in [1.165, 1.54) is 13.3 Å². The zero-order valence-electron chi connectivity index (χ0n) is 10.7. The molecule has 0 fully saturated rings. The third-order valence-electron chi connectivity index (χ3n) is 2.13. The molecule has 0 aliphatic carbocycles. The fourth-order valence-electron chi connectivity index (χ4n) is 1.16. The maximum absolute atomic E-state index is 11.3. The van der Waals surface area contributed by atoms with Gasteiger partial charge in [0.1, 0.15) is 0 Å². The van der Waals surface area contributed by atoms with Gasteiger partial charge in [0.05, 0.1) is 17.8 Å². The van der Waals surface area contributed by atoms with Gasteiger partial charge in [0.25, 0.3) is 0 Å². The molecule has 0 atom stereocenters. The van der Waals surface area contributed by atoms with Gasteiger partial charge in [-0.15, -0.1) is 0 Å². The molecular weight excluding hydrogens is 305 g/mol. The Morgan fingerprint density at radius 1 is 1.35 bits per heavy atom. The topological polar surface area (TPSA) is 79.8 Å². The van der Waals surface area contributed by atoms with Crippen molar-refractivity contribution in [2.75, 3.05) is 20.3 Å². The Balaban J connectivity index is 2.47. The maximum Gasteiger partial charge on any atom is 0.329 e. The molecule has 0 aliphatic rings. The van der Waals surface area contributed by atoms with Crippen LogP contribution in [0.4, 0.5) is 0 Å². The van der Waals surface area contributed by atoms with Crippen molar-refractivity contribution in [1.29, 1.82) is 0 Å². The number of amides is 2. The molecule has 1 aromatic rings. The van der Waals surface area contributed by atoms with Gasteiger partial charge in [-0.3, -0.25) is 9.59 Å². The molecule has 0 saturated carbocycles. The van der Waals surface area contributed by atoms with Crippen LogP contribution in [-0.2, 0) is 14.3 Å². The van der Waals surface area contributed by atoms with Crippen LogP contribution in [0.5, 0.6) is 0 Å². The Bertz CT molecular complexity index is 521. The van der Waals surface area contributed by atoms with Crippen molar-refractivity contribution in [2.24, 2.45) is 5.10 Å². The van der Waals surface area contributed by atoms with Crippen LogP contribution < -0.4 is 10.7 Å². The number of halogens is 2. The van der Waals surface area contributed by atoms with E-state index < -0.39 is 11.8 Å². The third-order valence-corrected chi connectivity index (χ3v) is 2.69. The Labute approximate surface area is 126 Å². The van der Waals surface area contributed by atoms with Gasteiger partial charge in [0, 0.05) is 24.2 Å². The fourth-order valence-corrected chi connectivity index (χ4v) is 1.62. The van der Waals surface area contributed by atoms with Crippen LogP contribution >= 0.6 is 23.2 Å². The molecule has 0 heterocycles. The number of nitrogens with one attached hydrogen (secondary N) is 2. The van der Waals surface area contributed by atoms with Crippen molar-refractivity contribution >= 4 is 41.2 Å². The number of carbonyl (C=O) groups excluding carboxylic acids is 2. The van der Waals surface area contributed by atoms with E-state index in [2.05, 4.69) is 15.8 Å². The number of nitrogens with zero attached hydrogens (tertiary/aromatic N) is 1. The van der Waals surface area contributed by atoms with Crippen LogP contribution in [0.3, 0.4) is 0 Å². The number of hydrogen-bond acceptors (Lipinski definition) is 4. The van der Waals surface area contributed by atoms with E-state index in [0.717, 1.165) is 0 Å². The van der Waals surface area contributed by atoms with Gasteiger partial charge in [-0.2, -0.15) is 5.10 Å². The van der Waals surface area contributed by atoms with Gasteiger partial charge in [-0.25, -0.2) is 5.43 Å². The second-order valence-corrected chi connectivity index (χ2v) is 4.46. The Morgan fingerprint density at radius 3 is 2.75 bits per heavy atom. The molecule has 0 unspecified atom stereocenters. The van der Waals surface area contributed by atoms with Gasteiger partial charge >= 0.3 is 11.8 Å². The molecule has 0 bridgehead atoms. The predicted molar refractivity (Wildman–Crippen MR) is 77.1 cm³/mol. The number of benzene rings is 1. The van der Waals surface area contributed by atoms with E-state index in [1.54, 1.807) is 18.2 Å². The molecule has 0 saturated heterocycles. The Morgan fingerprint density at radius 2 is 2.10 bits per heavy atom. The smallest absolute Gasteiger partial charge is 0.329 e. The van der Waals surface area contributed by atoms with Crippen LogP contribution in [0, 0.1) is 0 Å². The van der Waals surface area contributed by atoms with Crippen molar-refractivity contribution in [1.82, 2.24) is 10.7 Å². The molecule has 0 spiro atoms. The van der Waals surface area contributed by atoms with Crippen LogP contribution in [0.2, 0.25) is 10.0 Å². The number of hydrogen-bond donors (Lipinski definition) is 2. The summed E-state index contributed by atoms with van der Waals surface area (Å²) in [7, 11) is 1.49. The lowest BCUT2D eigenvalue weighted by molar-refractivity contribution is -0.139. The van der Waals surface area contributed by atoms with Crippen molar-refractivity contribution < 1.29 is 14.3 Å². The number of ether oxygens (including phenoxy) is 1. The van der Waals surface area contributed by atoms with Crippen molar-refractivity contribution in [3.8, 4) is 0 Å². The number of hydrazone groups is 1. The Hall–Kier alpha value is -1.63. The van der Waals surface area contributed by atoms with Crippen LogP contribution in [0.1, 0.15) is 5.56 Å². The summed E-state index contributed by atoms with van der Waals surface area (Å²) in [5, 5.41) is 6.88. The largest absolute Gasteiger partial charge is 0.383 e. The van der Waals surface area contributed by atoms with Gasteiger partial charge in [-0.1, -0.05) is 29.3 Å². The predicted octanol–water partition coefficient (Wildman–Crippen LogP) is 1.21. The first-order valence-corrected chi connectivity index (χ1v) is 6.35. The molecule has 1 rings (SSSR count). The molecule has 20 heavy (non-hydrogen) atoms. The monoisotopic (exact) mass is 317 g/mol. The minimum Gasteiger partial charge on any atom is -0.383 e. The van der Waals surface area contributed by atoms with E-state index in [9.17, 15) is 9.59 Å². The highest BCUT2D eigenvalue weighted by Crippen LogP contribution is 2.19. The summed E-state index contributed by atoms with van der Waals surface area (Å²) in [6, 6.07) is 4.82. The van der Waals surface area contributed by atoms with Crippen LogP contribution in [-0.4, -0.2) is 38.3 Å². The molecule has 0 aliphatic heterocycles. The van der Waals surface area contributed by atoms with Gasteiger partial charge in [-0.05, 0) is 12.1 Å². The highest BCUT2D eigenvalue weighted by atomic mass is 35.5. The maximum atomic E-state index is 11.3. The zero-order valence-corrected chi connectivity index (χ0v) is 12.2. The number of methoxy groups -OCH3 is 1. The number of rotatable bonds is 5. The average molecular weight is 318 g/mol. The van der Waals surface area contributed by atoms with Crippen molar-refractivity contribution in [3.05, 3.63) is 33.8 Å². The molecule has 2 N–H and O–H groups in total. The summed E-state index contributed by atoms with van der Waals surface area (Å²) >= 11 is 11.7. The molecule has 0 radical (unpaired) electrons. The standard InChI is InChI=1S/C12H13Cl2N3O3/c1-20-5-4-15-11(18)12(19)17-16-7-8-2-3-9(13)6-10(8)14/h2-3,6-7H,4-5H2,1H3,(H,15,18)(H,17,19)/b16-7+. The summed E-state index contributed by atoms with van der Waals surface area (Å²) in [6.45, 7) is 0.568. The summed E-state index contributed by atoms with van der Waals surface area (Å²) < 4.78 is 4.73. The van der Waals surface area contributed by atoms with Crippen LogP contribution in [0.25, 0.3) is 0 Å². The quantitative estimate of drug-likeness (QED) is 0.371. The van der Waals surface area contributed by atoms with E-state index in [4.69, 9.17) is 27.9 Å². The molecule has 0 aromatic heterocycles.